The van der Waals surface area contributed by atoms with Crippen LogP contribution in [0.2, 0.25) is 0 Å². The summed E-state index contributed by atoms with van der Waals surface area (Å²) in [4.78, 5) is 26.1. The van der Waals surface area contributed by atoms with Gasteiger partial charge in [0.25, 0.3) is 0 Å². The minimum Gasteiger partial charge on any atom is -0.343 e. The third-order valence-electron chi connectivity index (χ3n) is 5.95. The highest BCUT2D eigenvalue weighted by Crippen LogP contribution is 2.27. The van der Waals surface area contributed by atoms with Gasteiger partial charge in [0.05, 0.1) is 4.90 Å². The third kappa shape index (κ3) is 5.17. The van der Waals surface area contributed by atoms with Gasteiger partial charge in [0.1, 0.15) is 0 Å². The van der Waals surface area contributed by atoms with Crippen molar-refractivity contribution in [1.82, 2.24) is 9.21 Å². The molecule has 2 aliphatic rings. The fourth-order valence-electron chi connectivity index (χ4n) is 4.08. The van der Waals surface area contributed by atoms with Gasteiger partial charge in [-0.25, -0.2) is 8.42 Å². The predicted molar refractivity (Wildman–Crippen MR) is 112 cm³/mol. The molecule has 160 valence electrons. The number of carbonyl (C=O) groups is 2. The van der Waals surface area contributed by atoms with Crippen LogP contribution in [-0.2, 0) is 19.6 Å². The molecule has 1 aromatic carbocycles. The summed E-state index contributed by atoms with van der Waals surface area (Å²) in [6, 6.07) is 5.08. The highest BCUT2D eigenvalue weighted by molar-refractivity contribution is 7.89. The Morgan fingerprint density at radius 2 is 1.62 bits per heavy atom. The predicted octanol–water partition coefficient (Wildman–Crippen LogP) is 2.76. The largest absolute Gasteiger partial charge is 0.343 e. The van der Waals surface area contributed by atoms with Gasteiger partial charge in [-0.2, -0.15) is 4.31 Å². The molecule has 2 saturated heterocycles. The zero-order valence-corrected chi connectivity index (χ0v) is 18.1. The van der Waals surface area contributed by atoms with E-state index in [2.05, 4.69) is 5.32 Å². The van der Waals surface area contributed by atoms with Gasteiger partial charge in [0, 0.05) is 44.7 Å². The number of piperidine rings is 1. The number of aryl methyl sites for hydroxylation is 1. The van der Waals surface area contributed by atoms with E-state index in [9.17, 15) is 18.0 Å². The van der Waals surface area contributed by atoms with Gasteiger partial charge in [-0.05, 0) is 50.3 Å². The summed E-state index contributed by atoms with van der Waals surface area (Å²) in [6.45, 7) is 5.58. The standard InChI is InChI=1S/C21H31N3O4S/c1-16-7-8-19(22-21(26)18-9-13-23(14-10-18)17(2)25)15-20(16)29(27,28)24-11-5-3-4-6-12-24/h7-8,15,18H,3-6,9-14H2,1-2H3,(H,22,26). The van der Waals surface area contributed by atoms with Crippen LogP contribution in [0.25, 0.3) is 0 Å². The van der Waals surface area contributed by atoms with Crippen molar-refractivity contribution in [2.75, 3.05) is 31.5 Å². The van der Waals surface area contributed by atoms with Crippen LogP contribution in [-0.4, -0.2) is 55.6 Å². The first-order valence-corrected chi connectivity index (χ1v) is 11.9. The molecule has 2 fully saturated rings. The minimum atomic E-state index is -3.58. The Kier molecular flexibility index (Phi) is 6.95. The van der Waals surface area contributed by atoms with E-state index in [0.29, 0.717) is 50.3 Å². The second kappa shape index (κ2) is 9.26. The van der Waals surface area contributed by atoms with Crippen molar-refractivity contribution >= 4 is 27.5 Å². The first-order chi connectivity index (χ1) is 13.8. The maximum absolute atomic E-state index is 13.2. The Hall–Kier alpha value is -1.93. The second-order valence-corrected chi connectivity index (χ2v) is 9.97. The van der Waals surface area contributed by atoms with Crippen molar-refractivity contribution < 1.29 is 18.0 Å². The third-order valence-corrected chi connectivity index (χ3v) is 7.99. The van der Waals surface area contributed by atoms with Crippen LogP contribution in [0, 0.1) is 12.8 Å². The molecule has 0 atom stereocenters. The van der Waals surface area contributed by atoms with Gasteiger partial charge in [0.2, 0.25) is 21.8 Å². The van der Waals surface area contributed by atoms with Gasteiger partial charge < -0.3 is 10.2 Å². The van der Waals surface area contributed by atoms with Crippen LogP contribution < -0.4 is 5.32 Å². The molecule has 0 unspecified atom stereocenters. The quantitative estimate of drug-likeness (QED) is 0.810. The van der Waals surface area contributed by atoms with Gasteiger partial charge in [-0.15, -0.1) is 0 Å². The highest BCUT2D eigenvalue weighted by atomic mass is 32.2. The van der Waals surface area contributed by atoms with Gasteiger partial charge >= 0.3 is 0 Å². The minimum absolute atomic E-state index is 0.0331. The van der Waals surface area contributed by atoms with E-state index in [-0.39, 0.29) is 22.6 Å². The topological polar surface area (TPSA) is 86.8 Å². The number of likely N-dealkylation sites (tertiary alicyclic amines) is 1. The van der Waals surface area contributed by atoms with Crippen LogP contribution in [0.4, 0.5) is 5.69 Å². The molecule has 29 heavy (non-hydrogen) atoms. The van der Waals surface area contributed by atoms with E-state index >= 15 is 0 Å². The smallest absolute Gasteiger partial charge is 0.243 e. The lowest BCUT2D eigenvalue weighted by molar-refractivity contribution is -0.132. The Balaban J connectivity index is 1.72. The van der Waals surface area contributed by atoms with Crippen LogP contribution in [0.15, 0.2) is 23.1 Å². The number of hydrogen-bond donors (Lipinski definition) is 1. The summed E-state index contributed by atoms with van der Waals surface area (Å²) in [5, 5.41) is 2.89. The van der Waals surface area contributed by atoms with Crippen LogP contribution in [0.5, 0.6) is 0 Å². The maximum atomic E-state index is 13.2. The molecule has 1 N–H and O–H groups in total. The van der Waals surface area contributed by atoms with Crippen molar-refractivity contribution in [2.45, 2.75) is 57.3 Å². The fourth-order valence-corrected chi connectivity index (χ4v) is 5.85. The summed E-state index contributed by atoms with van der Waals surface area (Å²) < 4.78 is 27.9. The van der Waals surface area contributed by atoms with Crippen molar-refractivity contribution in [3.8, 4) is 0 Å². The second-order valence-electron chi connectivity index (χ2n) is 8.07. The highest BCUT2D eigenvalue weighted by Gasteiger charge is 2.28. The molecular weight excluding hydrogens is 390 g/mol. The molecule has 0 radical (unpaired) electrons. The van der Waals surface area contributed by atoms with Crippen molar-refractivity contribution in [3.63, 3.8) is 0 Å². The lowest BCUT2D eigenvalue weighted by atomic mass is 9.96. The van der Waals surface area contributed by atoms with Crippen LogP contribution in [0.3, 0.4) is 0 Å². The lowest BCUT2D eigenvalue weighted by Crippen LogP contribution is -2.40. The van der Waals surface area contributed by atoms with E-state index in [1.165, 1.54) is 0 Å². The van der Waals surface area contributed by atoms with Crippen molar-refractivity contribution in [3.05, 3.63) is 23.8 Å². The number of benzene rings is 1. The van der Waals surface area contributed by atoms with E-state index in [1.807, 2.05) is 0 Å². The molecule has 3 rings (SSSR count). The number of anilines is 1. The van der Waals surface area contributed by atoms with Crippen molar-refractivity contribution in [2.24, 2.45) is 5.92 Å². The lowest BCUT2D eigenvalue weighted by Gasteiger charge is -2.30. The van der Waals surface area contributed by atoms with E-state index in [1.54, 1.807) is 41.3 Å². The normalized spacial score (nSPS) is 19.6. The van der Waals surface area contributed by atoms with E-state index in [0.717, 1.165) is 25.7 Å². The molecule has 0 aromatic heterocycles. The summed E-state index contributed by atoms with van der Waals surface area (Å²) in [7, 11) is -3.58. The van der Waals surface area contributed by atoms with Crippen LogP contribution >= 0.6 is 0 Å². The Morgan fingerprint density at radius 3 is 2.21 bits per heavy atom. The van der Waals surface area contributed by atoms with Gasteiger partial charge in [0.15, 0.2) is 0 Å². The molecule has 2 heterocycles. The zero-order valence-electron chi connectivity index (χ0n) is 17.3. The maximum Gasteiger partial charge on any atom is 0.243 e. The van der Waals surface area contributed by atoms with E-state index in [4.69, 9.17) is 0 Å². The number of hydrogen-bond acceptors (Lipinski definition) is 4. The molecule has 2 aliphatic heterocycles. The Morgan fingerprint density at radius 1 is 1.00 bits per heavy atom. The van der Waals surface area contributed by atoms with Gasteiger partial charge in [-0.1, -0.05) is 18.9 Å². The first kappa shape index (κ1) is 21.8. The van der Waals surface area contributed by atoms with E-state index < -0.39 is 10.0 Å². The number of nitrogens with zero attached hydrogens (tertiary/aromatic N) is 2. The SMILES string of the molecule is CC(=O)N1CCC(C(=O)Nc2ccc(C)c(S(=O)(=O)N3CCCCCC3)c2)CC1. The summed E-state index contributed by atoms with van der Waals surface area (Å²) >= 11 is 0. The molecule has 0 aliphatic carbocycles. The molecule has 0 spiro atoms. The zero-order chi connectivity index (χ0) is 21.0. The monoisotopic (exact) mass is 421 g/mol. The number of amides is 2. The summed E-state index contributed by atoms with van der Waals surface area (Å²) in [6.07, 6.45) is 5.13. The number of sulfonamides is 1. The Labute approximate surface area is 173 Å². The molecule has 1 aromatic rings. The average Bonchev–Trinajstić information content (AvgIpc) is 2.99. The fraction of sp³-hybridized carbons (Fsp3) is 0.619. The average molecular weight is 422 g/mol. The number of nitrogens with one attached hydrogen (secondary N) is 1. The Bertz CT molecular complexity index is 853. The summed E-state index contributed by atoms with van der Waals surface area (Å²) in [5.41, 5.74) is 1.19. The molecule has 8 heteroatoms. The number of carbonyl (C=O) groups excluding carboxylic acids is 2. The van der Waals surface area contributed by atoms with Crippen LogP contribution in [0.1, 0.15) is 51.0 Å². The first-order valence-electron chi connectivity index (χ1n) is 10.5. The molecule has 0 saturated carbocycles. The van der Waals surface area contributed by atoms with Gasteiger partial charge in [-0.3, -0.25) is 9.59 Å². The molecular formula is C21H31N3O4S. The summed E-state index contributed by atoms with van der Waals surface area (Å²) in [5.74, 6) is -0.251. The molecule has 0 bridgehead atoms. The molecule has 7 nitrogen and oxygen atoms in total. The van der Waals surface area contributed by atoms with Crippen molar-refractivity contribution in [1.29, 1.82) is 0 Å². The molecule has 2 amide bonds. The number of rotatable bonds is 4.